The first-order valence-electron chi connectivity index (χ1n) is 6.60. The van der Waals surface area contributed by atoms with Crippen molar-refractivity contribution < 1.29 is 14.6 Å². The smallest absolute Gasteiger partial charge is 0.224 e. The van der Waals surface area contributed by atoms with Gasteiger partial charge in [-0.25, -0.2) is 0 Å². The number of aliphatic hydroxyl groups is 1. The number of carbonyl (C=O) groups excluding carboxylic acids is 1. The Morgan fingerprint density at radius 1 is 1.58 bits per heavy atom. The number of aryl methyl sites for hydroxylation is 1. The minimum Gasteiger partial charge on any atom is -0.491 e. The van der Waals surface area contributed by atoms with Crippen molar-refractivity contribution in [1.29, 1.82) is 0 Å². The number of carbonyl (C=O) groups is 1. The van der Waals surface area contributed by atoms with Crippen LogP contribution >= 0.6 is 0 Å². The van der Waals surface area contributed by atoms with Gasteiger partial charge < -0.3 is 14.4 Å². The Morgan fingerprint density at radius 2 is 2.32 bits per heavy atom. The highest BCUT2D eigenvalue weighted by molar-refractivity contribution is 5.97. The Bertz CT molecular complexity index is 547. The number of nitrogens with zero attached hydrogens (tertiary/aromatic N) is 1. The van der Waals surface area contributed by atoms with Crippen LogP contribution in [0.15, 0.2) is 10.9 Å². The van der Waals surface area contributed by atoms with E-state index in [9.17, 15) is 14.7 Å². The maximum Gasteiger partial charge on any atom is 0.224 e. The summed E-state index contributed by atoms with van der Waals surface area (Å²) in [6.45, 7) is 1.88. The van der Waals surface area contributed by atoms with Gasteiger partial charge >= 0.3 is 0 Å². The monoisotopic (exact) mass is 265 g/mol. The first-order valence-corrected chi connectivity index (χ1v) is 6.60. The minimum atomic E-state index is -0.258. The van der Waals surface area contributed by atoms with E-state index < -0.39 is 0 Å². The summed E-state index contributed by atoms with van der Waals surface area (Å²) in [5, 5.41) is 9.43. The molecule has 5 heteroatoms. The number of Topliss-reactive ketones (excluding diaryl/α,β-unsaturated/α-hetero) is 1. The number of ether oxygens (including phenoxy) is 1. The van der Waals surface area contributed by atoms with Crippen LogP contribution in [-0.2, 0) is 6.42 Å². The van der Waals surface area contributed by atoms with E-state index in [4.69, 9.17) is 4.74 Å². The van der Waals surface area contributed by atoms with Gasteiger partial charge in [-0.1, -0.05) is 6.92 Å². The van der Waals surface area contributed by atoms with Gasteiger partial charge in [-0.05, 0) is 19.3 Å². The first kappa shape index (κ1) is 13.8. The minimum absolute atomic E-state index is 0.0363. The molecule has 0 bridgehead atoms. The number of methoxy groups -OCH3 is 1. The average Bonchev–Trinajstić information content (AvgIpc) is 2.79. The van der Waals surface area contributed by atoms with Gasteiger partial charge in [0.1, 0.15) is 5.69 Å². The van der Waals surface area contributed by atoms with E-state index in [2.05, 4.69) is 0 Å². The predicted molar refractivity (Wildman–Crippen MR) is 70.9 cm³/mol. The average molecular weight is 265 g/mol. The molecule has 1 aliphatic heterocycles. The van der Waals surface area contributed by atoms with Crippen molar-refractivity contribution in [2.75, 3.05) is 13.7 Å². The molecule has 0 amide bonds. The van der Waals surface area contributed by atoms with E-state index in [1.165, 1.54) is 13.2 Å². The molecule has 1 N–H and O–H groups in total. The van der Waals surface area contributed by atoms with Crippen molar-refractivity contribution in [3.63, 3.8) is 0 Å². The van der Waals surface area contributed by atoms with Crippen LogP contribution in [0.2, 0.25) is 0 Å². The molecule has 1 unspecified atom stereocenters. The molecule has 0 spiro atoms. The third kappa shape index (κ3) is 2.30. The van der Waals surface area contributed by atoms with Crippen LogP contribution in [-0.4, -0.2) is 29.2 Å². The summed E-state index contributed by atoms with van der Waals surface area (Å²) >= 11 is 0. The van der Waals surface area contributed by atoms with Gasteiger partial charge in [-0.15, -0.1) is 0 Å². The van der Waals surface area contributed by atoms with Crippen molar-refractivity contribution in [3.05, 3.63) is 27.7 Å². The molecule has 2 rings (SSSR count). The highest BCUT2D eigenvalue weighted by Gasteiger charge is 2.29. The van der Waals surface area contributed by atoms with Crippen LogP contribution in [0, 0.1) is 0 Å². The summed E-state index contributed by atoms with van der Waals surface area (Å²) in [6, 6.07) is 1.37. The molecule has 5 nitrogen and oxygen atoms in total. The fourth-order valence-corrected chi connectivity index (χ4v) is 2.69. The first-order chi connectivity index (χ1) is 9.13. The quantitative estimate of drug-likeness (QED) is 0.815. The molecule has 1 aromatic heterocycles. The molecule has 19 heavy (non-hydrogen) atoms. The van der Waals surface area contributed by atoms with Crippen molar-refractivity contribution in [2.24, 2.45) is 0 Å². The second-order valence-electron chi connectivity index (χ2n) is 4.80. The SMILES string of the molecule is CCCC(=O)c1c(OC)c(=O)cc2n1C(CO)CC2. The van der Waals surface area contributed by atoms with Crippen LogP contribution < -0.4 is 10.2 Å². The van der Waals surface area contributed by atoms with Gasteiger partial charge in [0.2, 0.25) is 5.43 Å². The predicted octanol–water partition coefficient (Wildman–Crippen LogP) is 1.32. The number of ketones is 1. The molecule has 0 saturated carbocycles. The van der Waals surface area contributed by atoms with Crippen molar-refractivity contribution in [1.82, 2.24) is 4.57 Å². The second kappa shape index (κ2) is 5.57. The number of pyridine rings is 1. The van der Waals surface area contributed by atoms with E-state index in [1.807, 2.05) is 6.92 Å². The summed E-state index contributed by atoms with van der Waals surface area (Å²) in [6.07, 6.45) is 2.54. The van der Waals surface area contributed by atoms with E-state index in [1.54, 1.807) is 4.57 Å². The number of hydrogen-bond donors (Lipinski definition) is 1. The van der Waals surface area contributed by atoms with Crippen LogP contribution in [0.5, 0.6) is 5.75 Å². The van der Waals surface area contributed by atoms with Gasteiger partial charge in [0, 0.05) is 18.2 Å². The van der Waals surface area contributed by atoms with E-state index in [0.717, 1.165) is 12.1 Å². The summed E-state index contributed by atoms with van der Waals surface area (Å²) in [5.41, 5.74) is 0.875. The lowest BCUT2D eigenvalue weighted by molar-refractivity contribution is 0.0963. The lowest BCUT2D eigenvalue weighted by Crippen LogP contribution is -2.23. The van der Waals surface area contributed by atoms with Crippen LogP contribution in [0.25, 0.3) is 0 Å². The third-order valence-corrected chi connectivity index (χ3v) is 3.54. The number of aromatic nitrogens is 1. The molecular formula is C14H19NO4. The lowest BCUT2D eigenvalue weighted by Gasteiger charge is -2.19. The van der Waals surface area contributed by atoms with Crippen molar-refractivity contribution in [2.45, 2.75) is 38.6 Å². The highest BCUT2D eigenvalue weighted by Crippen LogP contribution is 2.30. The Kier molecular flexibility index (Phi) is 4.04. The van der Waals surface area contributed by atoms with E-state index in [-0.39, 0.29) is 29.6 Å². The Hall–Kier alpha value is -1.62. The summed E-state index contributed by atoms with van der Waals surface area (Å²) in [4.78, 5) is 24.3. The zero-order chi connectivity index (χ0) is 14.0. The van der Waals surface area contributed by atoms with Crippen LogP contribution in [0.1, 0.15) is 48.4 Å². The van der Waals surface area contributed by atoms with Crippen molar-refractivity contribution in [3.8, 4) is 5.75 Å². The standard InChI is InChI=1S/C14H19NO4/c1-3-4-11(17)13-14(19-2)12(18)7-9-5-6-10(8-16)15(9)13/h7,10,16H,3-6,8H2,1-2H3. The normalized spacial score (nSPS) is 17.3. The second-order valence-corrected chi connectivity index (χ2v) is 4.80. The number of fused-ring (bicyclic) bond motifs is 1. The molecular weight excluding hydrogens is 246 g/mol. The van der Waals surface area contributed by atoms with Crippen LogP contribution in [0.4, 0.5) is 0 Å². The summed E-state index contributed by atoms with van der Waals surface area (Å²) < 4.78 is 6.92. The largest absolute Gasteiger partial charge is 0.491 e. The van der Waals surface area contributed by atoms with E-state index >= 15 is 0 Å². The Morgan fingerprint density at radius 3 is 2.89 bits per heavy atom. The molecule has 0 saturated heterocycles. The fraction of sp³-hybridized carbons (Fsp3) is 0.571. The van der Waals surface area contributed by atoms with Crippen LogP contribution in [0.3, 0.4) is 0 Å². The van der Waals surface area contributed by atoms with Gasteiger partial charge in [-0.2, -0.15) is 0 Å². The molecule has 104 valence electrons. The maximum atomic E-state index is 12.3. The summed E-state index contributed by atoms with van der Waals surface area (Å²) in [5.74, 6) is 0.00111. The lowest BCUT2D eigenvalue weighted by atomic mass is 10.1. The molecule has 1 aromatic rings. The fourth-order valence-electron chi connectivity index (χ4n) is 2.69. The number of aliphatic hydroxyl groups excluding tert-OH is 1. The van der Waals surface area contributed by atoms with Gasteiger partial charge in [0.25, 0.3) is 0 Å². The Balaban J connectivity index is 2.66. The van der Waals surface area contributed by atoms with Gasteiger partial charge in [0.05, 0.1) is 19.8 Å². The van der Waals surface area contributed by atoms with Crippen molar-refractivity contribution >= 4 is 5.78 Å². The van der Waals surface area contributed by atoms with E-state index in [0.29, 0.717) is 25.0 Å². The highest BCUT2D eigenvalue weighted by atomic mass is 16.5. The summed E-state index contributed by atoms with van der Waals surface area (Å²) in [7, 11) is 1.40. The molecule has 2 heterocycles. The molecule has 0 aromatic carbocycles. The van der Waals surface area contributed by atoms with Gasteiger partial charge in [0.15, 0.2) is 11.5 Å². The molecule has 1 aliphatic rings. The number of hydrogen-bond acceptors (Lipinski definition) is 4. The molecule has 0 fully saturated rings. The maximum absolute atomic E-state index is 12.3. The molecule has 0 radical (unpaired) electrons. The molecule has 0 aliphatic carbocycles. The third-order valence-electron chi connectivity index (χ3n) is 3.54. The Labute approximate surface area is 111 Å². The topological polar surface area (TPSA) is 68.5 Å². The zero-order valence-corrected chi connectivity index (χ0v) is 11.3. The molecule has 1 atom stereocenters. The van der Waals surface area contributed by atoms with Gasteiger partial charge in [-0.3, -0.25) is 9.59 Å². The number of rotatable bonds is 5. The zero-order valence-electron chi connectivity index (χ0n) is 11.3.